The summed E-state index contributed by atoms with van der Waals surface area (Å²) in [6.45, 7) is 0.00374. The molecule has 0 N–H and O–H groups in total. The molecule has 0 saturated carbocycles. The monoisotopic (exact) mass is 1040 g/mol. The van der Waals surface area contributed by atoms with E-state index in [-0.39, 0.29) is 6.71 Å². The predicted molar refractivity (Wildman–Crippen MR) is 341 cm³/mol. The molecule has 12 aromatic carbocycles. The Morgan fingerprint density at radius 2 is 0.683 bits per heavy atom. The second-order valence-electron chi connectivity index (χ2n) is 21.1. The molecule has 0 bridgehead atoms. The number of nitrogens with zero attached hydrogens (tertiary/aromatic N) is 6. The molecule has 7 heteroatoms. The molecule has 0 unspecified atom stereocenters. The summed E-state index contributed by atoms with van der Waals surface area (Å²) < 4.78 is 2.42. The first-order valence-corrected chi connectivity index (χ1v) is 28.0. The Kier molecular flexibility index (Phi) is 11.2. The van der Waals surface area contributed by atoms with E-state index in [0.29, 0.717) is 17.5 Å². The topological polar surface area (TPSA) is 50.1 Å². The van der Waals surface area contributed by atoms with Crippen LogP contribution in [-0.2, 0) is 0 Å². The van der Waals surface area contributed by atoms with E-state index in [0.717, 1.165) is 78.2 Å². The first-order chi connectivity index (χ1) is 40.7. The van der Waals surface area contributed by atoms with Crippen LogP contribution in [0, 0.1) is 0 Å². The van der Waals surface area contributed by atoms with E-state index in [9.17, 15) is 0 Å². The Hall–Kier alpha value is -10.9. The third kappa shape index (κ3) is 7.70. The summed E-state index contributed by atoms with van der Waals surface area (Å²) in [6, 6.07) is 107. The van der Waals surface area contributed by atoms with Crippen LogP contribution in [-0.4, -0.2) is 26.2 Å². The van der Waals surface area contributed by atoms with Crippen molar-refractivity contribution in [3.8, 4) is 73.2 Å². The molecule has 4 heterocycles. The number of fused-ring (bicyclic) bond motifs is 7. The van der Waals surface area contributed by atoms with Gasteiger partial charge in [0.2, 0.25) is 0 Å². The van der Waals surface area contributed by atoms with Crippen LogP contribution in [0.15, 0.2) is 297 Å². The largest absolute Gasteiger partial charge is 0.311 e. The lowest BCUT2D eigenvalue weighted by Crippen LogP contribution is -2.61. The quantitative estimate of drug-likeness (QED) is 0.135. The normalized spacial score (nSPS) is 12.3. The van der Waals surface area contributed by atoms with Crippen molar-refractivity contribution in [1.29, 1.82) is 0 Å². The Morgan fingerprint density at radius 1 is 0.268 bits per heavy atom. The summed E-state index contributed by atoms with van der Waals surface area (Å²) in [5.41, 5.74) is 23.4. The molecule has 0 amide bonds. The van der Waals surface area contributed by atoms with Gasteiger partial charge in [0.25, 0.3) is 6.71 Å². The summed E-state index contributed by atoms with van der Waals surface area (Å²) in [5, 5.41) is 2.35. The summed E-state index contributed by atoms with van der Waals surface area (Å²) in [6.07, 6.45) is 0. The molecular weight excluding hydrogens is 996 g/mol. The fraction of sp³-hybridized carbons (Fsp3) is 0. The highest BCUT2D eigenvalue weighted by Crippen LogP contribution is 2.49. The van der Waals surface area contributed by atoms with Crippen molar-refractivity contribution in [1.82, 2.24) is 19.5 Å². The zero-order valence-corrected chi connectivity index (χ0v) is 44.6. The number of hydrogen-bond donors (Lipinski definition) is 0. The number of hydrogen-bond acceptors (Lipinski definition) is 5. The summed E-state index contributed by atoms with van der Waals surface area (Å²) in [5.74, 6) is 1.82. The lowest BCUT2D eigenvalue weighted by molar-refractivity contribution is 1.06. The van der Waals surface area contributed by atoms with Crippen LogP contribution < -0.4 is 26.2 Å². The molecule has 0 spiro atoms. The maximum atomic E-state index is 5.34. The highest BCUT2D eigenvalue weighted by Gasteiger charge is 2.44. The number of aromatic nitrogens is 4. The van der Waals surface area contributed by atoms with Gasteiger partial charge in [0, 0.05) is 67.0 Å². The average molecular weight is 1050 g/mol. The molecule has 14 aromatic rings. The lowest BCUT2D eigenvalue weighted by Gasteiger charge is -2.45. The van der Waals surface area contributed by atoms with E-state index in [1.54, 1.807) is 0 Å². The highest BCUT2D eigenvalue weighted by atomic mass is 15.2. The van der Waals surface area contributed by atoms with Crippen molar-refractivity contribution >= 4 is 79.0 Å². The number of benzene rings is 12. The fourth-order valence-electron chi connectivity index (χ4n) is 12.9. The summed E-state index contributed by atoms with van der Waals surface area (Å²) in [4.78, 5) is 20.8. The smallest absolute Gasteiger partial charge is 0.252 e. The van der Waals surface area contributed by atoms with Gasteiger partial charge in [-0.3, -0.25) is 0 Å². The molecule has 382 valence electrons. The predicted octanol–water partition coefficient (Wildman–Crippen LogP) is 17.1. The maximum absolute atomic E-state index is 5.34. The van der Waals surface area contributed by atoms with E-state index in [4.69, 9.17) is 15.0 Å². The van der Waals surface area contributed by atoms with Crippen molar-refractivity contribution < 1.29 is 0 Å². The van der Waals surface area contributed by atoms with Gasteiger partial charge < -0.3 is 14.4 Å². The Morgan fingerprint density at radius 3 is 1.26 bits per heavy atom. The van der Waals surface area contributed by atoms with E-state index in [1.165, 1.54) is 49.9 Å². The molecule has 2 aromatic heterocycles. The van der Waals surface area contributed by atoms with E-state index < -0.39 is 0 Å². The van der Waals surface area contributed by atoms with Gasteiger partial charge in [-0.15, -0.1) is 0 Å². The molecule has 0 fully saturated rings. The van der Waals surface area contributed by atoms with Gasteiger partial charge in [0.05, 0.1) is 22.4 Å². The Bertz CT molecular complexity index is 4650. The van der Waals surface area contributed by atoms with Crippen molar-refractivity contribution in [2.45, 2.75) is 0 Å². The second-order valence-corrected chi connectivity index (χ2v) is 21.1. The minimum absolute atomic E-state index is 0.00374. The summed E-state index contributed by atoms with van der Waals surface area (Å²) in [7, 11) is 0. The highest BCUT2D eigenvalue weighted by molar-refractivity contribution is 7.00. The van der Waals surface area contributed by atoms with E-state index >= 15 is 0 Å². The fourth-order valence-corrected chi connectivity index (χ4v) is 12.9. The first kappa shape index (κ1) is 47.1. The van der Waals surface area contributed by atoms with Gasteiger partial charge in [0.1, 0.15) is 0 Å². The van der Waals surface area contributed by atoms with Gasteiger partial charge in [-0.2, -0.15) is 0 Å². The third-order valence-electron chi connectivity index (χ3n) is 16.4. The van der Waals surface area contributed by atoms with E-state index in [1.807, 2.05) is 36.4 Å². The average Bonchev–Trinajstić information content (AvgIpc) is 2.36. The van der Waals surface area contributed by atoms with Crippen molar-refractivity contribution in [3.63, 3.8) is 0 Å². The van der Waals surface area contributed by atoms with Gasteiger partial charge in [0.15, 0.2) is 17.5 Å². The molecule has 0 saturated heterocycles. The third-order valence-corrected chi connectivity index (χ3v) is 16.4. The lowest BCUT2D eigenvalue weighted by atomic mass is 9.33. The Balaban J connectivity index is 0.897. The van der Waals surface area contributed by atoms with Gasteiger partial charge in [-0.1, -0.05) is 224 Å². The van der Waals surface area contributed by atoms with Crippen LogP contribution in [0.4, 0.5) is 34.1 Å². The van der Waals surface area contributed by atoms with Crippen molar-refractivity contribution in [2.24, 2.45) is 0 Å². The van der Waals surface area contributed by atoms with Crippen LogP contribution in [0.5, 0.6) is 0 Å². The minimum atomic E-state index is 0.00374. The SMILES string of the molecule is c1ccc(-c2nc(-c3ccccc3)nc(-c3cccc(-c4cccc(-c5cccc(-c6ccc7c8c6N(c6ccccc6)c6ccccc6B8c6ccccc6N7c6ccccc6)c5)c4)c3-n3c4ccccc4c4ccccc43)n2)cc1. The van der Waals surface area contributed by atoms with Crippen LogP contribution in [0.1, 0.15) is 0 Å². The van der Waals surface area contributed by atoms with E-state index in [2.05, 4.69) is 275 Å². The second kappa shape index (κ2) is 19.5. The number of anilines is 6. The van der Waals surface area contributed by atoms with Gasteiger partial charge in [-0.05, 0) is 111 Å². The van der Waals surface area contributed by atoms with Crippen LogP contribution in [0.25, 0.3) is 95.0 Å². The molecule has 0 radical (unpaired) electrons. The van der Waals surface area contributed by atoms with Crippen molar-refractivity contribution in [2.75, 3.05) is 9.80 Å². The number of rotatable bonds is 9. The molecule has 2 aliphatic rings. The first-order valence-electron chi connectivity index (χ1n) is 28.0. The van der Waals surface area contributed by atoms with Gasteiger partial charge >= 0.3 is 0 Å². The maximum Gasteiger partial charge on any atom is 0.252 e. The van der Waals surface area contributed by atoms with Gasteiger partial charge in [-0.25, -0.2) is 15.0 Å². The molecule has 0 atom stereocenters. The summed E-state index contributed by atoms with van der Waals surface area (Å²) >= 11 is 0. The zero-order chi connectivity index (χ0) is 54.1. The molecule has 16 rings (SSSR count). The minimum Gasteiger partial charge on any atom is -0.311 e. The molecule has 6 nitrogen and oxygen atoms in total. The van der Waals surface area contributed by atoms with Crippen LogP contribution in [0.3, 0.4) is 0 Å². The molecule has 2 aliphatic heterocycles. The molecule has 82 heavy (non-hydrogen) atoms. The van der Waals surface area contributed by atoms with Crippen LogP contribution >= 0.6 is 0 Å². The Labute approximate surface area is 476 Å². The zero-order valence-electron chi connectivity index (χ0n) is 44.6. The number of para-hydroxylation sites is 7. The standard InChI is InChI=1S/C75H49BN6/c1-5-24-50(25-6-1)73-77-74(51-26-7-2-8-27-51)79-75(78-73)62-39-23-38-58(71(62)82-65-42-17-13-36-60(65)61-37-14-18-43-66(61)82)54-30-21-28-52(48-54)53-29-22-31-55(49-53)59-46-47-69-70-72(59)81(57-34-11-4-12-35-57)68-45-20-16-41-64(68)76(70)63-40-15-19-44-67(63)80(69)56-32-9-3-10-33-56/h1-49H. The van der Waals surface area contributed by atoms with Crippen LogP contribution in [0.2, 0.25) is 0 Å². The molecular formula is C75H49BN6. The molecule has 0 aliphatic carbocycles. The van der Waals surface area contributed by atoms with Crippen molar-refractivity contribution in [3.05, 3.63) is 297 Å².